The molecular weight excluding hydrogens is 362 g/mol. The lowest BCUT2D eigenvalue weighted by molar-refractivity contribution is -0.116. The minimum Gasteiger partial charge on any atom is -0.481 e. The van der Waals surface area contributed by atoms with Gasteiger partial charge in [0.25, 0.3) is 0 Å². The number of hydrogen-bond acceptors (Lipinski definition) is 3. The van der Waals surface area contributed by atoms with Crippen LogP contribution < -0.4 is 10.1 Å². The van der Waals surface area contributed by atoms with E-state index in [4.69, 9.17) is 4.74 Å². The molecule has 1 aromatic heterocycles. The molecule has 0 fully saturated rings. The molecule has 1 N–H and O–H groups in total. The van der Waals surface area contributed by atoms with Gasteiger partial charge in [-0.1, -0.05) is 39.9 Å². The molecule has 0 atom stereocenters. The third-order valence-corrected chi connectivity index (χ3v) is 3.86. The second-order valence-corrected chi connectivity index (χ2v) is 6.06. The van der Waals surface area contributed by atoms with Crippen molar-refractivity contribution in [2.75, 3.05) is 13.2 Å². The Bertz CT molecular complexity index is 699. The number of carbonyl (C=O) groups excluding carboxylic acids is 1. The predicted molar refractivity (Wildman–Crippen MR) is 93.8 cm³/mol. The van der Waals surface area contributed by atoms with Crippen LogP contribution in [-0.4, -0.2) is 19.1 Å². The number of ether oxygens (including phenoxy) is 1. The Labute approximate surface area is 142 Å². The zero-order valence-corrected chi connectivity index (χ0v) is 14.1. The van der Waals surface area contributed by atoms with Crippen LogP contribution in [0.4, 0.5) is 0 Å². The second kappa shape index (κ2) is 9.08. The molecule has 0 saturated heterocycles. The summed E-state index contributed by atoms with van der Waals surface area (Å²) in [7, 11) is 0. The molecule has 2 rings (SSSR count). The van der Waals surface area contributed by atoms with Gasteiger partial charge in [-0.3, -0.25) is 4.79 Å². The summed E-state index contributed by atoms with van der Waals surface area (Å²) >= 11 is 4.96. The van der Waals surface area contributed by atoms with Crippen molar-refractivity contribution in [3.05, 3.63) is 57.2 Å². The topological polar surface area (TPSA) is 38.3 Å². The van der Waals surface area contributed by atoms with E-state index in [-0.39, 0.29) is 12.5 Å². The highest BCUT2D eigenvalue weighted by molar-refractivity contribution is 9.10. The summed E-state index contributed by atoms with van der Waals surface area (Å²) in [5.41, 5.74) is 0. The van der Waals surface area contributed by atoms with Gasteiger partial charge in [0, 0.05) is 15.4 Å². The Balaban J connectivity index is 1.65. The van der Waals surface area contributed by atoms with E-state index in [1.54, 1.807) is 17.4 Å². The maximum atomic E-state index is 11.5. The van der Waals surface area contributed by atoms with Crippen molar-refractivity contribution >= 4 is 39.2 Å². The monoisotopic (exact) mass is 375 g/mol. The van der Waals surface area contributed by atoms with Crippen LogP contribution in [0.25, 0.3) is 6.08 Å². The molecule has 1 amide bonds. The molecule has 1 aromatic carbocycles. The van der Waals surface area contributed by atoms with Crippen LogP contribution in [0.5, 0.6) is 5.75 Å². The minimum absolute atomic E-state index is 0.157. The molecule has 0 unspecified atom stereocenters. The number of amides is 1. The van der Waals surface area contributed by atoms with Crippen molar-refractivity contribution in [3.8, 4) is 17.6 Å². The summed E-state index contributed by atoms with van der Waals surface area (Å²) in [5.74, 6) is 6.30. The third-order valence-electron chi connectivity index (χ3n) is 2.53. The lowest BCUT2D eigenvalue weighted by atomic mass is 10.3. The number of nitrogens with one attached hydrogen (secondary N) is 1. The predicted octanol–water partition coefficient (Wildman–Crippen LogP) is 3.72. The summed E-state index contributed by atoms with van der Waals surface area (Å²) < 4.78 is 6.42. The molecule has 0 saturated carbocycles. The van der Waals surface area contributed by atoms with Crippen LogP contribution in [0.3, 0.4) is 0 Å². The Morgan fingerprint density at radius 1 is 1.32 bits per heavy atom. The lowest BCUT2D eigenvalue weighted by Crippen LogP contribution is -2.21. The molecule has 112 valence electrons. The molecule has 0 aliphatic rings. The normalized spacial score (nSPS) is 10.0. The summed E-state index contributed by atoms with van der Waals surface area (Å²) in [6, 6.07) is 11.5. The Morgan fingerprint density at radius 2 is 2.23 bits per heavy atom. The molecule has 0 radical (unpaired) electrons. The van der Waals surface area contributed by atoms with Gasteiger partial charge in [-0.05, 0) is 35.7 Å². The van der Waals surface area contributed by atoms with Gasteiger partial charge in [-0.2, -0.15) is 0 Å². The maximum Gasteiger partial charge on any atom is 0.244 e. The molecular formula is C17H14BrNO2S. The largest absolute Gasteiger partial charge is 0.481 e. The zero-order valence-electron chi connectivity index (χ0n) is 11.7. The van der Waals surface area contributed by atoms with Gasteiger partial charge in [-0.25, -0.2) is 0 Å². The van der Waals surface area contributed by atoms with Crippen molar-refractivity contribution in [1.82, 2.24) is 5.32 Å². The standard InChI is InChI=1S/C17H14BrNO2S/c18-14-5-3-6-15(13-14)21-11-2-1-10-19-17(20)9-8-16-7-4-12-22-16/h3-9,12-13H,10-11H2,(H,19,20)/b9-8+. The number of thiophene rings is 1. The fraction of sp³-hybridized carbons (Fsp3) is 0.118. The second-order valence-electron chi connectivity index (χ2n) is 4.17. The Morgan fingerprint density at radius 3 is 3.00 bits per heavy atom. The van der Waals surface area contributed by atoms with Crippen molar-refractivity contribution < 1.29 is 9.53 Å². The van der Waals surface area contributed by atoms with Gasteiger partial charge in [-0.15, -0.1) is 11.3 Å². The van der Waals surface area contributed by atoms with E-state index < -0.39 is 0 Å². The summed E-state index contributed by atoms with van der Waals surface area (Å²) in [5, 5.41) is 4.66. The Hall–Kier alpha value is -2.03. The molecule has 3 nitrogen and oxygen atoms in total. The number of halogens is 1. The maximum absolute atomic E-state index is 11.5. The van der Waals surface area contributed by atoms with Crippen molar-refractivity contribution in [3.63, 3.8) is 0 Å². The van der Waals surface area contributed by atoms with Crippen molar-refractivity contribution in [2.45, 2.75) is 0 Å². The zero-order chi connectivity index (χ0) is 15.6. The Kier molecular flexibility index (Phi) is 6.75. The summed E-state index contributed by atoms with van der Waals surface area (Å²) in [4.78, 5) is 12.6. The fourth-order valence-corrected chi connectivity index (χ4v) is 2.52. The van der Waals surface area contributed by atoms with Gasteiger partial charge in [0.15, 0.2) is 0 Å². The lowest BCUT2D eigenvalue weighted by Gasteiger charge is -2.01. The van der Waals surface area contributed by atoms with E-state index in [9.17, 15) is 4.79 Å². The van der Waals surface area contributed by atoms with Crippen LogP contribution >= 0.6 is 27.3 Å². The molecule has 5 heteroatoms. The van der Waals surface area contributed by atoms with Gasteiger partial charge in [0.2, 0.25) is 5.91 Å². The first kappa shape index (κ1) is 16.3. The highest BCUT2D eigenvalue weighted by Crippen LogP contribution is 2.17. The van der Waals surface area contributed by atoms with Crippen LogP contribution in [0, 0.1) is 11.8 Å². The minimum atomic E-state index is -0.157. The first-order valence-electron chi connectivity index (χ1n) is 6.57. The van der Waals surface area contributed by atoms with Gasteiger partial charge < -0.3 is 10.1 Å². The molecule has 0 aliphatic heterocycles. The molecule has 0 spiro atoms. The average Bonchev–Trinajstić information content (AvgIpc) is 3.02. The van der Waals surface area contributed by atoms with Crippen LogP contribution in [-0.2, 0) is 4.79 Å². The van der Waals surface area contributed by atoms with E-state index >= 15 is 0 Å². The van der Waals surface area contributed by atoms with E-state index in [0.29, 0.717) is 6.54 Å². The summed E-state index contributed by atoms with van der Waals surface area (Å²) in [6.07, 6.45) is 3.29. The first-order chi connectivity index (χ1) is 10.7. The van der Waals surface area contributed by atoms with Crippen molar-refractivity contribution in [1.29, 1.82) is 0 Å². The van der Waals surface area contributed by atoms with Gasteiger partial charge in [0.1, 0.15) is 12.4 Å². The molecule has 1 heterocycles. The first-order valence-corrected chi connectivity index (χ1v) is 8.25. The third kappa shape index (κ3) is 6.17. The highest BCUT2D eigenvalue weighted by Gasteiger charge is 1.93. The quantitative estimate of drug-likeness (QED) is 0.638. The van der Waals surface area contributed by atoms with Crippen molar-refractivity contribution in [2.24, 2.45) is 0 Å². The van der Waals surface area contributed by atoms with Gasteiger partial charge >= 0.3 is 0 Å². The molecule has 2 aromatic rings. The fourth-order valence-electron chi connectivity index (χ4n) is 1.52. The van der Waals surface area contributed by atoms with Gasteiger partial charge in [0.05, 0.1) is 6.54 Å². The van der Waals surface area contributed by atoms with E-state index in [1.165, 1.54) is 6.08 Å². The average molecular weight is 376 g/mol. The number of rotatable bonds is 5. The molecule has 0 bridgehead atoms. The number of hydrogen-bond donors (Lipinski definition) is 1. The number of benzene rings is 1. The highest BCUT2D eigenvalue weighted by atomic mass is 79.9. The van der Waals surface area contributed by atoms with Crippen LogP contribution in [0.15, 0.2) is 52.3 Å². The molecule has 0 aliphatic carbocycles. The van der Waals surface area contributed by atoms with Crippen LogP contribution in [0.2, 0.25) is 0 Å². The number of carbonyl (C=O) groups is 1. The SMILES string of the molecule is O=C(/C=C/c1cccs1)NCC#CCOc1cccc(Br)c1. The van der Waals surface area contributed by atoms with E-state index in [2.05, 4.69) is 33.1 Å². The van der Waals surface area contributed by atoms with E-state index in [1.807, 2.05) is 41.8 Å². The summed E-state index contributed by atoms with van der Waals surface area (Å²) in [6.45, 7) is 0.590. The van der Waals surface area contributed by atoms with E-state index in [0.717, 1.165) is 15.1 Å². The van der Waals surface area contributed by atoms with Crippen LogP contribution in [0.1, 0.15) is 4.88 Å². The smallest absolute Gasteiger partial charge is 0.244 e. The molecule has 22 heavy (non-hydrogen) atoms.